The van der Waals surface area contributed by atoms with Gasteiger partial charge in [0.05, 0.1) is 0 Å². The molecule has 3 rings (SSSR count). The van der Waals surface area contributed by atoms with Crippen LogP contribution < -0.4 is 0 Å². The van der Waals surface area contributed by atoms with E-state index >= 15 is 0 Å². The van der Waals surface area contributed by atoms with Crippen LogP contribution in [0.25, 0.3) is 6.08 Å². The Morgan fingerprint density at radius 1 is 0.783 bits per heavy atom. The van der Waals surface area contributed by atoms with Crippen molar-refractivity contribution < 1.29 is 0 Å². The second kappa shape index (κ2) is 7.99. The average molecular weight is 309 g/mol. The van der Waals surface area contributed by atoms with Gasteiger partial charge in [0.1, 0.15) is 0 Å². The van der Waals surface area contributed by atoms with Gasteiger partial charge in [-0.25, -0.2) is 0 Å². The molecule has 23 heavy (non-hydrogen) atoms. The number of rotatable bonds is 5. The van der Waals surface area contributed by atoms with Gasteiger partial charge in [0.25, 0.3) is 0 Å². The topological polar surface area (TPSA) is 0 Å². The number of hydrogen-bond donors (Lipinski definition) is 0. The summed E-state index contributed by atoms with van der Waals surface area (Å²) in [4.78, 5) is 0. The highest BCUT2D eigenvalue weighted by atomic mass is 14.4. The zero-order valence-corrected chi connectivity index (χ0v) is 14.6. The molecule has 1 aromatic rings. The van der Waals surface area contributed by atoms with E-state index in [1.165, 1.54) is 63.4 Å². The SMILES string of the molecule is C=CCC1CCC(C2CCC(c3ccc(C=C)cc3)CC2)CC1. The number of benzene rings is 1. The van der Waals surface area contributed by atoms with Crippen molar-refractivity contribution in [3.63, 3.8) is 0 Å². The second-order valence-corrected chi connectivity index (χ2v) is 7.79. The van der Waals surface area contributed by atoms with Gasteiger partial charge in [-0.1, -0.05) is 43.0 Å². The fraction of sp³-hybridized carbons (Fsp3) is 0.565. The molecule has 2 aliphatic rings. The lowest BCUT2D eigenvalue weighted by Gasteiger charge is -2.38. The van der Waals surface area contributed by atoms with Crippen LogP contribution in [-0.4, -0.2) is 0 Å². The Morgan fingerprint density at radius 3 is 1.87 bits per heavy atom. The van der Waals surface area contributed by atoms with E-state index in [9.17, 15) is 0 Å². The highest BCUT2D eigenvalue weighted by Gasteiger charge is 2.30. The third-order valence-electron chi connectivity index (χ3n) is 6.47. The third-order valence-corrected chi connectivity index (χ3v) is 6.47. The maximum Gasteiger partial charge on any atom is -0.0162 e. The molecule has 0 amide bonds. The number of hydrogen-bond acceptors (Lipinski definition) is 0. The Kier molecular flexibility index (Phi) is 5.75. The monoisotopic (exact) mass is 308 g/mol. The second-order valence-electron chi connectivity index (χ2n) is 7.79. The highest BCUT2D eigenvalue weighted by Crippen LogP contribution is 2.44. The van der Waals surface area contributed by atoms with Crippen molar-refractivity contribution >= 4 is 6.08 Å². The van der Waals surface area contributed by atoms with Gasteiger partial charge in [0, 0.05) is 0 Å². The molecule has 124 valence electrons. The standard InChI is InChI=1S/C23H32/c1-3-5-19-8-12-21(13-9-19)23-16-14-22(15-17-23)20-10-6-18(4-2)7-11-20/h3-4,6-7,10-11,19,21-23H,1-2,5,8-9,12-17H2. The first-order chi connectivity index (χ1) is 11.3. The Balaban J connectivity index is 1.48. The maximum absolute atomic E-state index is 3.91. The maximum atomic E-state index is 3.91. The fourth-order valence-corrected chi connectivity index (χ4v) is 4.96. The van der Waals surface area contributed by atoms with Crippen molar-refractivity contribution in [2.75, 3.05) is 0 Å². The summed E-state index contributed by atoms with van der Waals surface area (Å²) in [5.41, 5.74) is 2.78. The summed E-state index contributed by atoms with van der Waals surface area (Å²) in [5.74, 6) is 3.74. The van der Waals surface area contributed by atoms with Gasteiger partial charge in [-0.15, -0.1) is 6.58 Å². The predicted molar refractivity (Wildman–Crippen MR) is 101 cm³/mol. The molecule has 0 radical (unpaired) electrons. The smallest absolute Gasteiger partial charge is 0.0162 e. The molecule has 0 saturated heterocycles. The summed E-state index contributed by atoms with van der Waals surface area (Å²) in [7, 11) is 0. The zero-order valence-electron chi connectivity index (χ0n) is 14.6. The van der Waals surface area contributed by atoms with Crippen LogP contribution >= 0.6 is 0 Å². The van der Waals surface area contributed by atoms with Crippen molar-refractivity contribution in [2.24, 2.45) is 17.8 Å². The Labute approximate surface area is 142 Å². The summed E-state index contributed by atoms with van der Waals surface area (Å²) in [5, 5.41) is 0. The first-order valence-electron chi connectivity index (χ1n) is 9.63. The Morgan fingerprint density at radius 2 is 1.35 bits per heavy atom. The van der Waals surface area contributed by atoms with E-state index in [2.05, 4.69) is 43.5 Å². The zero-order chi connectivity index (χ0) is 16.1. The van der Waals surface area contributed by atoms with Crippen LogP contribution in [0.2, 0.25) is 0 Å². The Bertz CT molecular complexity index is 493. The highest BCUT2D eigenvalue weighted by molar-refractivity contribution is 5.47. The molecule has 0 unspecified atom stereocenters. The molecule has 0 aromatic heterocycles. The average Bonchev–Trinajstić information content (AvgIpc) is 2.63. The number of allylic oxidation sites excluding steroid dienone is 1. The molecule has 0 atom stereocenters. The molecule has 0 nitrogen and oxygen atoms in total. The van der Waals surface area contributed by atoms with Crippen LogP contribution in [0.1, 0.15) is 74.8 Å². The van der Waals surface area contributed by atoms with E-state index in [4.69, 9.17) is 0 Å². The van der Waals surface area contributed by atoms with Crippen molar-refractivity contribution in [3.05, 3.63) is 54.6 Å². The lowest BCUT2D eigenvalue weighted by atomic mass is 9.68. The van der Waals surface area contributed by atoms with E-state index in [1.807, 2.05) is 6.08 Å². The van der Waals surface area contributed by atoms with Crippen molar-refractivity contribution in [1.82, 2.24) is 0 Å². The molecule has 2 aliphatic carbocycles. The molecule has 0 aliphatic heterocycles. The minimum absolute atomic E-state index is 0.794. The molecule has 0 heteroatoms. The normalized spacial score (nSPS) is 31.5. The van der Waals surface area contributed by atoms with Crippen LogP contribution in [-0.2, 0) is 0 Å². The first kappa shape index (κ1) is 16.6. The minimum atomic E-state index is 0.794. The van der Waals surface area contributed by atoms with E-state index in [0.717, 1.165) is 23.7 Å². The lowest BCUT2D eigenvalue weighted by Crippen LogP contribution is -2.25. The molecular weight excluding hydrogens is 276 g/mol. The third kappa shape index (κ3) is 4.16. The van der Waals surface area contributed by atoms with Crippen LogP contribution in [0.4, 0.5) is 0 Å². The molecule has 2 saturated carbocycles. The van der Waals surface area contributed by atoms with Gasteiger partial charge >= 0.3 is 0 Å². The first-order valence-corrected chi connectivity index (χ1v) is 9.63. The van der Waals surface area contributed by atoms with Gasteiger partial charge in [-0.3, -0.25) is 0 Å². The van der Waals surface area contributed by atoms with Gasteiger partial charge < -0.3 is 0 Å². The molecule has 2 fully saturated rings. The van der Waals surface area contributed by atoms with E-state index in [0.29, 0.717) is 0 Å². The molecular formula is C23H32. The van der Waals surface area contributed by atoms with Crippen molar-refractivity contribution in [1.29, 1.82) is 0 Å². The largest absolute Gasteiger partial charge is 0.103 e. The van der Waals surface area contributed by atoms with Crippen molar-refractivity contribution in [3.8, 4) is 0 Å². The van der Waals surface area contributed by atoms with Gasteiger partial charge in [0.15, 0.2) is 0 Å². The molecule has 1 aromatic carbocycles. The van der Waals surface area contributed by atoms with E-state index in [1.54, 1.807) is 5.56 Å². The summed E-state index contributed by atoms with van der Waals surface area (Å²) in [6.07, 6.45) is 16.8. The van der Waals surface area contributed by atoms with E-state index < -0.39 is 0 Å². The fourth-order valence-electron chi connectivity index (χ4n) is 4.96. The summed E-state index contributed by atoms with van der Waals surface area (Å²) >= 11 is 0. The van der Waals surface area contributed by atoms with Crippen molar-refractivity contribution in [2.45, 2.75) is 63.7 Å². The van der Waals surface area contributed by atoms with Crippen LogP contribution in [0, 0.1) is 17.8 Å². The van der Waals surface area contributed by atoms with Gasteiger partial charge in [0.2, 0.25) is 0 Å². The summed E-state index contributed by atoms with van der Waals surface area (Å²) in [6.45, 7) is 7.75. The minimum Gasteiger partial charge on any atom is -0.103 e. The molecule has 0 spiro atoms. The predicted octanol–water partition coefficient (Wildman–Crippen LogP) is 6.99. The van der Waals surface area contributed by atoms with Crippen LogP contribution in [0.5, 0.6) is 0 Å². The van der Waals surface area contributed by atoms with E-state index in [-0.39, 0.29) is 0 Å². The molecule has 0 bridgehead atoms. The van der Waals surface area contributed by atoms with Crippen LogP contribution in [0.15, 0.2) is 43.5 Å². The molecule has 0 heterocycles. The van der Waals surface area contributed by atoms with Gasteiger partial charge in [-0.05, 0) is 92.6 Å². The van der Waals surface area contributed by atoms with Gasteiger partial charge in [-0.2, -0.15) is 0 Å². The molecule has 0 N–H and O–H groups in total. The lowest BCUT2D eigenvalue weighted by molar-refractivity contribution is 0.161. The van der Waals surface area contributed by atoms with Crippen LogP contribution in [0.3, 0.4) is 0 Å². The Hall–Kier alpha value is -1.30. The quantitative estimate of drug-likeness (QED) is 0.514. The summed E-state index contributed by atoms with van der Waals surface area (Å²) in [6, 6.07) is 9.08. The summed E-state index contributed by atoms with van der Waals surface area (Å²) < 4.78 is 0.